The number of nitrogens with zero attached hydrogens (tertiary/aromatic N) is 3. The van der Waals surface area contributed by atoms with E-state index in [1.54, 1.807) is 18.2 Å². The Morgan fingerprint density at radius 3 is 1.54 bits per heavy atom. The Kier molecular flexibility index (Phi) is 2.53. The molecular formula is C23H29N3O2. The van der Waals surface area contributed by atoms with Gasteiger partial charge >= 0.3 is 11.4 Å². The average Bonchev–Trinajstić information content (AvgIpc) is 3.46. The normalized spacial score (nSPS) is 51.5. The summed E-state index contributed by atoms with van der Waals surface area (Å²) in [6.07, 6.45) is 10.7. The second-order valence-electron chi connectivity index (χ2n) is 11.1. The van der Waals surface area contributed by atoms with Crippen LogP contribution < -0.4 is 11.4 Å². The number of allylic oxidation sites excluding steroid dienone is 2. The quantitative estimate of drug-likeness (QED) is 0.651. The Balaban J connectivity index is 1.47. The predicted molar refractivity (Wildman–Crippen MR) is 104 cm³/mol. The molecule has 2 heterocycles. The Morgan fingerprint density at radius 1 is 0.643 bits per heavy atom. The number of hydrogen-bond donors (Lipinski definition) is 0. The lowest BCUT2D eigenvalue weighted by atomic mass is 9.83. The lowest BCUT2D eigenvalue weighted by Gasteiger charge is -2.36. The van der Waals surface area contributed by atoms with Crippen LogP contribution in [0.5, 0.6) is 0 Å². The van der Waals surface area contributed by atoms with Crippen LogP contribution in [-0.4, -0.2) is 13.9 Å². The molecule has 148 valence electrons. The van der Waals surface area contributed by atoms with Crippen molar-refractivity contribution in [3.8, 4) is 0 Å². The minimum Gasteiger partial charge on any atom is -0.246 e. The van der Waals surface area contributed by atoms with Crippen molar-refractivity contribution in [3.05, 3.63) is 32.1 Å². The first-order valence-electron chi connectivity index (χ1n) is 11.8. The van der Waals surface area contributed by atoms with Gasteiger partial charge in [-0.2, -0.15) is 0 Å². The molecule has 0 unspecified atom stereocenters. The van der Waals surface area contributed by atoms with Crippen LogP contribution in [0.4, 0.5) is 0 Å². The third-order valence-electron chi connectivity index (χ3n) is 10.8. The molecule has 7 aliphatic rings. The van der Waals surface area contributed by atoms with Crippen molar-refractivity contribution >= 4 is 0 Å². The topological polar surface area (TPSA) is 48.9 Å². The summed E-state index contributed by atoms with van der Waals surface area (Å²) in [5.41, 5.74) is 3.27. The van der Waals surface area contributed by atoms with Gasteiger partial charge in [-0.3, -0.25) is 0 Å². The van der Waals surface area contributed by atoms with E-state index in [1.807, 2.05) is 9.36 Å². The molecule has 1 aliphatic heterocycles. The highest BCUT2D eigenvalue weighted by molar-refractivity contribution is 5.41. The van der Waals surface area contributed by atoms with E-state index in [0.717, 1.165) is 23.7 Å². The van der Waals surface area contributed by atoms with Crippen LogP contribution in [-0.2, 0) is 7.05 Å². The fourth-order valence-corrected chi connectivity index (χ4v) is 10.2. The van der Waals surface area contributed by atoms with Crippen LogP contribution in [0.3, 0.4) is 0 Å². The number of hydrogen-bond acceptors (Lipinski definition) is 2. The fraction of sp³-hybridized carbons (Fsp3) is 0.826. The Hall–Kier alpha value is -1.52. The standard InChI is InChI=1S/C23H29N3O2/c1-24-22(27)25-20-14-8-4-10-2-6-12(16(10)14)18(20)19-13-7-3-11-5-9-15(17(11)13)21(19)26(25)23(24)28/h10-17,20-21H,2-9H2,1H3/t10-,11-,12+,13+,14-,15+,16+,17-,20+,21+/m1/s1. The third-order valence-corrected chi connectivity index (χ3v) is 10.8. The van der Waals surface area contributed by atoms with E-state index in [1.165, 1.54) is 55.9 Å². The van der Waals surface area contributed by atoms with E-state index in [-0.39, 0.29) is 23.5 Å². The van der Waals surface area contributed by atoms with Crippen molar-refractivity contribution in [2.75, 3.05) is 0 Å². The van der Waals surface area contributed by atoms with E-state index in [9.17, 15) is 9.59 Å². The molecule has 6 saturated carbocycles. The van der Waals surface area contributed by atoms with Crippen molar-refractivity contribution < 1.29 is 0 Å². The summed E-state index contributed by atoms with van der Waals surface area (Å²) in [6, 6.07) is 0.400. The van der Waals surface area contributed by atoms with Gasteiger partial charge in [-0.25, -0.2) is 23.5 Å². The van der Waals surface area contributed by atoms with Gasteiger partial charge in [0.25, 0.3) is 0 Å². The molecule has 0 N–H and O–H groups in total. The van der Waals surface area contributed by atoms with E-state index in [4.69, 9.17) is 0 Å². The molecule has 6 aliphatic carbocycles. The molecule has 6 fully saturated rings. The van der Waals surface area contributed by atoms with Crippen LogP contribution in [0.2, 0.25) is 0 Å². The van der Waals surface area contributed by atoms with Crippen molar-refractivity contribution in [3.63, 3.8) is 0 Å². The summed E-state index contributed by atoms with van der Waals surface area (Å²) in [4.78, 5) is 26.6. The molecule has 0 saturated heterocycles. The summed E-state index contributed by atoms with van der Waals surface area (Å²) in [7, 11) is 1.70. The van der Waals surface area contributed by atoms with Gasteiger partial charge in [0.15, 0.2) is 0 Å². The maximum atomic E-state index is 13.3. The second kappa shape index (κ2) is 4.62. The Bertz CT molecular complexity index is 991. The zero-order valence-electron chi connectivity index (χ0n) is 16.6. The first kappa shape index (κ1) is 15.3. The van der Waals surface area contributed by atoms with Gasteiger partial charge in [-0.1, -0.05) is 0 Å². The molecule has 1 aromatic heterocycles. The first-order chi connectivity index (χ1) is 13.7. The first-order valence-corrected chi connectivity index (χ1v) is 11.8. The maximum Gasteiger partial charge on any atom is 0.347 e. The van der Waals surface area contributed by atoms with Gasteiger partial charge < -0.3 is 0 Å². The zero-order valence-corrected chi connectivity index (χ0v) is 16.6. The second-order valence-corrected chi connectivity index (χ2v) is 11.1. The number of rotatable bonds is 0. The Labute approximate surface area is 164 Å². The average molecular weight is 380 g/mol. The minimum atomic E-state index is -0.0541. The molecule has 0 amide bonds. The SMILES string of the molecule is Cn1c(=O)n2n(c1=O)[C@@H]1C(=C3[C@H]4CC[C@@H]5CC[C@H]([C@@H]54)[C@@H]32)[C@H]2CC[C@@H]3CC[C@H]1[C@H]32. The highest BCUT2D eigenvalue weighted by Crippen LogP contribution is 2.71. The van der Waals surface area contributed by atoms with E-state index >= 15 is 0 Å². The monoisotopic (exact) mass is 379 g/mol. The molecule has 0 radical (unpaired) electrons. The lowest BCUT2D eigenvalue weighted by Crippen LogP contribution is -2.41. The smallest absolute Gasteiger partial charge is 0.246 e. The maximum absolute atomic E-state index is 13.3. The largest absolute Gasteiger partial charge is 0.347 e. The molecule has 8 rings (SSSR count). The van der Waals surface area contributed by atoms with Gasteiger partial charge in [-0.05, 0) is 110 Å². The molecule has 0 aromatic carbocycles. The van der Waals surface area contributed by atoms with E-state index in [0.29, 0.717) is 23.7 Å². The molecule has 5 heteroatoms. The summed E-state index contributed by atoms with van der Waals surface area (Å²) in [5.74, 6) is 5.98. The molecule has 28 heavy (non-hydrogen) atoms. The van der Waals surface area contributed by atoms with Crippen LogP contribution in [0.25, 0.3) is 0 Å². The summed E-state index contributed by atoms with van der Waals surface area (Å²) in [5, 5.41) is 0. The van der Waals surface area contributed by atoms with Gasteiger partial charge in [-0.15, -0.1) is 0 Å². The lowest BCUT2D eigenvalue weighted by molar-refractivity contribution is 0.225. The summed E-state index contributed by atoms with van der Waals surface area (Å²) < 4.78 is 5.39. The van der Waals surface area contributed by atoms with Crippen LogP contribution >= 0.6 is 0 Å². The van der Waals surface area contributed by atoms with E-state index in [2.05, 4.69) is 0 Å². The molecule has 10 atom stereocenters. The number of aromatic nitrogens is 3. The Morgan fingerprint density at radius 2 is 1.07 bits per heavy atom. The predicted octanol–water partition coefficient (Wildman–Crippen LogP) is 2.87. The van der Waals surface area contributed by atoms with Crippen molar-refractivity contribution in [1.82, 2.24) is 13.9 Å². The summed E-state index contributed by atoms with van der Waals surface area (Å²) in [6.45, 7) is 0. The van der Waals surface area contributed by atoms with Crippen LogP contribution in [0, 0.1) is 47.3 Å². The molecule has 5 nitrogen and oxygen atoms in total. The fourth-order valence-electron chi connectivity index (χ4n) is 10.2. The summed E-state index contributed by atoms with van der Waals surface area (Å²) >= 11 is 0. The van der Waals surface area contributed by atoms with E-state index < -0.39 is 0 Å². The molecule has 1 aromatic rings. The molecule has 0 bridgehead atoms. The van der Waals surface area contributed by atoms with Crippen molar-refractivity contribution in [1.29, 1.82) is 0 Å². The van der Waals surface area contributed by atoms with Gasteiger partial charge in [0.1, 0.15) is 0 Å². The highest BCUT2D eigenvalue weighted by Gasteiger charge is 2.65. The van der Waals surface area contributed by atoms with Crippen molar-refractivity contribution in [2.24, 2.45) is 54.4 Å². The van der Waals surface area contributed by atoms with Crippen LogP contribution in [0.1, 0.15) is 63.5 Å². The van der Waals surface area contributed by atoms with Crippen LogP contribution in [0.15, 0.2) is 20.7 Å². The zero-order chi connectivity index (χ0) is 18.5. The molecule has 0 spiro atoms. The highest BCUT2D eigenvalue weighted by atomic mass is 16.2. The van der Waals surface area contributed by atoms with Gasteiger partial charge in [0.2, 0.25) is 0 Å². The minimum absolute atomic E-state index is 0.0541. The van der Waals surface area contributed by atoms with Crippen molar-refractivity contribution in [2.45, 2.75) is 63.5 Å². The number of fused-ring (bicyclic) bond motifs is 9. The van der Waals surface area contributed by atoms with Gasteiger partial charge in [0, 0.05) is 7.05 Å². The van der Waals surface area contributed by atoms with Gasteiger partial charge in [0.05, 0.1) is 12.1 Å². The molecular weight excluding hydrogens is 350 g/mol. The third kappa shape index (κ3) is 1.39.